The maximum absolute atomic E-state index is 12.6. The Morgan fingerprint density at radius 3 is 2.58 bits per heavy atom. The van der Waals surface area contributed by atoms with E-state index in [4.69, 9.17) is 10.8 Å². The third-order valence-electron chi connectivity index (χ3n) is 1.34. The maximum atomic E-state index is 12.6. The zero-order valence-corrected chi connectivity index (χ0v) is 9.35. The first kappa shape index (κ1) is 11.9. The van der Waals surface area contributed by atoms with Crippen LogP contribution < -0.4 is 5.73 Å². The van der Waals surface area contributed by atoms with E-state index >= 15 is 0 Å². The molecule has 12 heavy (non-hydrogen) atoms. The molecular formula is C7H8Br2FNO. The summed E-state index contributed by atoms with van der Waals surface area (Å²) >= 11 is 3.13. The third-order valence-corrected chi connectivity index (χ3v) is 2.07. The fourth-order valence-electron chi connectivity index (χ4n) is 0.734. The van der Waals surface area contributed by atoms with Gasteiger partial charge in [-0.15, -0.1) is 17.0 Å². The van der Waals surface area contributed by atoms with Crippen LogP contribution in [0.15, 0.2) is 16.6 Å². The lowest BCUT2D eigenvalue weighted by atomic mass is 10.2. The molecule has 0 unspecified atom stereocenters. The van der Waals surface area contributed by atoms with Crippen molar-refractivity contribution in [1.29, 1.82) is 0 Å². The van der Waals surface area contributed by atoms with E-state index < -0.39 is 5.82 Å². The summed E-state index contributed by atoms with van der Waals surface area (Å²) < 4.78 is 13.2. The van der Waals surface area contributed by atoms with Gasteiger partial charge in [0, 0.05) is 11.0 Å². The Morgan fingerprint density at radius 1 is 1.50 bits per heavy atom. The number of phenolic OH excluding ortho intramolecular Hbond substituents is 1. The molecule has 0 heterocycles. The molecular weight excluding hydrogens is 293 g/mol. The fourth-order valence-corrected chi connectivity index (χ4v) is 1.23. The Balaban J connectivity index is 0.00000121. The molecule has 0 amide bonds. The molecule has 1 rings (SSSR count). The molecule has 0 saturated carbocycles. The van der Waals surface area contributed by atoms with E-state index in [0.717, 1.165) is 0 Å². The Hall–Kier alpha value is -0.130. The average molecular weight is 301 g/mol. The van der Waals surface area contributed by atoms with Gasteiger partial charge in [0.05, 0.1) is 0 Å². The predicted molar refractivity (Wildman–Crippen MR) is 54.0 cm³/mol. The average Bonchev–Trinajstić information content (AvgIpc) is 1.97. The molecule has 0 radical (unpaired) electrons. The molecule has 3 N–H and O–H groups in total. The summed E-state index contributed by atoms with van der Waals surface area (Å²) in [7, 11) is 0. The first-order chi connectivity index (χ1) is 5.15. The molecule has 0 atom stereocenters. The van der Waals surface area contributed by atoms with Gasteiger partial charge in [-0.2, -0.15) is 0 Å². The molecule has 0 fully saturated rings. The van der Waals surface area contributed by atoms with Crippen molar-refractivity contribution in [2.24, 2.45) is 5.73 Å². The van der Waals surface area contributed by atoms with Crippen molar-refractivity contribution in [2.45, 2.75) is 6.54 Å². The van der Waals surface area contributed by atoms with Crippen LogP contribution >= 0.6 is 32.9 Å². The number of hydrogen-bond donors (Lipinski definition) is 2. The van der Waals surface area contributed by atoms with Crippen LogP contribution in [-0.2, 0) is 6.54 Å². The Kier molecular flexibility index (Phi) is 4.74. The summed E-state index contributed by atoms with van der Waals surface area (Å²) in [6.45, 7) is 0.248. The topological polar surface area (TPSA) is 46.2 Å². The van der Waals surface area contributed by atoms with E-state index in [-0.39, 0.29) is 29.3 Å². The summed E-state index contributed by atoms with van der Waals surface area (Å²) in [5.41, 5.74) is 5.93. The minimum Gasteiger partial charge on any atom is -0.505 e. The minimum atomic E-state index is -0.645. The van der Waals surface area contributed by atoms with Crippen molar-refractivity contribution in [2.75, 3.05) is 0 Å². The van der Waals surface area contributed by atoms with Crippen molar-refractivity contribution in [1.82, 2.24) is 0 Å². The van der Waals surface area contributed by atoms with Crippen LogP contribution in [0.4, 0.5) is 4.39 Å². The van der Waals surface area contributed by atoms with Crippen LogP contribution in [0.25, 0.3) is 0 Å². The molecule has 5 heteroatoms. The first-order valence-electron chi connectivity index (χ1n) is 3.02. The van der Waals surface area contributed by atoms with Gasteiger partial charge < -0.3 is 10.8 Å². The van der Waals surface area contributed by atoms with E-state index in [2.05, 4.69) is 15.9 Å². The molecule has 0 saturated heterocycles. The van der Waals surface area contributed by atoms with Gasteiger partial charge in [-0.25, -0.2) is 4.39 Å². The molecule has 0 bridgehead atoms. The van der Waals surface area contributed by atoms with Crippen LogP contribution in [0.1, 0.15) is 5.56 Å². The van der Waals surface area contributed by atoms with Crippen molar-refractivity contribution in [3.8, 4) is 5.75 Å². The van der Waals surface area contributed by atoms with E-state index in [1.165, 1.54) is 12.1 Å². The molecule has 68 valence electrons. The van der Waals surface area contributed by atoms with Gasteiger partial charge in [0.15, 0.2) is 11.6 Å². The lowest BCUT2D eigenvalue weighted by Crippen LogP contribution is -1.97. The van der Waals surface area contributed by atoms with Gasteiger partial charge >= 0.3 is 0 Å². The second-order valence-electron chi connectivity index (χ2n) is 2.10. The van der Waals surface area contributed by atoms with Crippen LogP contribution in [0.2, 0.25) is 0 Å². The summed E-state index contributed by atoms with van der Waals surface area (Å²) in [5, 5.41) is 8.87. The molecule has 0 spiro atoms. The quantitative estimate of drug-likeness (QED) is 0.836. The summed E-state index contributed by atoms with van der Waals surface area (Å²) in [6.07, 6.45) is 0. The molecule has 0 aliphatic heterocycles. The van der Waals surface area contributed by atoms with Crippen molar-refractivity contribution in [3.63, 3.8) is 0 Å². The minimum absolute atomic E-state index is 0. The summed E-state index contributed by atoms with van der Waals surface area (Å²) in [4.78, 5) is 0. The van der Waals surface area contributed by atoms with Crippen molar-refractivity contribution < 1.29 is 9.50 Å². The normalized spacial score (nSPS) is 9.25. The number of halogens is 3. The maximum Gasteiger partial charge on any atom is 0.165 e. The van der Waals surface area contributed by atoms with Crippen LogP contribution in [0, 0.1) is 5.82 Å². The van der Waals surface area contributed by atoms with Gasteiger partial charge in [0.25, 0.3) is 0 Å². The number of rotatable bonds is 1. The second kappa shape index (κ2) is 4.79. The SMILES string of the molecule is Br.NCc1cc(F)c(O)cc1Br. The number of phenols is 1. The number of aromatic hydroxyl groups is 1. The highest BCUT2D eigenvalue weighted by molar-refractivity contribution is 9.10. The standard InChI is InChI=1S/C7H7BrFNO.BrH/c8-5-2-7(11)6(9)1-4(5)3-10;/h1-2,11H,3,10H2;1H. The molecule has 0 aromatic heterocycles. The van der Waals surface area contributed by atoms with E-state index in [9.17, 15) is 4.39 Å². The Bertz CT molecular complexity index is 280. The van der Waals surface area contributed by atoms with E-state index in [0.29, 0.717) is 10.0 Å². The molecule has 1 aromatic rings. The zero-order chi connectivity index (χ0) is 8.43. The second-order valence-corrected chi connectivity index (χ2v) is 2.95. The highest BCUT2D eigenvalue weighted by Gasteiger charge is 2.04. The molecule has 1 aromatic carbocycles. The van der Waals surface area contributed by atoms with Gasteiger partial charge in [0.2, 0.25) is 0 Å². The first-order valence-corrected chi connectivity index (χ1v) is 3.81. The van der Waals surface area contributed by atoms with E-state index in [1.54, 1.807) is 0 Å². The van der Waals surface area contributed by atoms with Crippen molar-refractivity contribution in [3.05, 3.63) is 28.0 Å². The Labute approximate surface area is 88.5 Å². The van der Waals surface area contributed by atoms with Crippen LogP contribution in [0.5, 0.6) is 5.75 Å². The number of hydrogen-bond acceptors (Lipinski definition) is 2. The molecule has 2 nitrogen and oxygen atoms in total. The van der Waals surface area contributed by atoms with Gasteiger partial charge in [-0.05, 0) is 17.7 Å². The lowest BCUT2D eigenvalue weighted by molar-refractivity contribution is 0.431. The lowest BCUT2D eigenvalue weighted by Gasteiger charge is -2.01. The smallest absolute Gasteiger partial charge is 0.165 e. The Morgan fingerprint density at radius 2 is 2.08 bits per heavy atom. The van der Waals surface area contributed by atoms with Crippen molar-refractivity contribution >= 4 is 32.9 Å². The third kappa shape index (κ3) is 2.43. The number of benzene rings is 1. The zero-order valence-electron chi connectivity index (χ0n) is 6.05. The largest absolute Gasteiger partial charge is 0.505 e. The van der Waals surface area contributed by atoms with Gasteiger partial charge in [0.1, 0.15) is 0 Å². The van der Waals surface area contributed by atoms with E-state index in [1.807, 2.05) is 0 Å². The van der Waals surface area contributed by atoms with Crippen LogP contribution in [-0.4, -0.2) is 5.11 Å². The highest BCUT2D eigenvalue weighted by Crippen LogP contribution is 2.24. The summed E-state index contributed by atoms with van der Waals surface area (Å²) in [5.74, 6) is -1.01. The predicted octanol–water partition coefficient (Wildman–Crippen LogP) is 2.33. The van der Waals surface area contributed by atoms with Gasteiger partial charge in [-0.1, -0.05) is 15.9 Å². The molecule has 0 aliphatic rings. The molecule has 0 aliphatic carbocycles. The van der Waals surface area contributed by atoms with Gasteiger partial charge in [-0.3, -0.25) is 0 Å². The fraction of sp³-hybridized carbons (Fsp3) is 0.143. The van der Waals surface area contributed by atoms with Crippen LogP contribution in [0.3, 0.4) is 0 Å². The number of nitrogens with two attached hydrogens (primary N) is 1. The monoisotopic (exact) mass is 299 g/mol. The highest BCUT2D eigenvalue weighted by atomic mass is 79.9. The summed E-state index contributed by atoms with van der Waals surface area (Å²) in [6, 6.07) is 2.50.